The zero-order valence-corrected chi connectivity index (χ0v) is 29.6. The number of pyridine rings is 2. The van der Waals surface area contributed by atoms with Gasteiger partial charge in [0.15, 0.2) is 17.5 Å². The van der Waals surface area contributed by atoms with Gasteiger partial charge in [0.1, 0.15) is 0 Å². The lowest BCUT2D eigenvalue weighted by Crippen LogP contribution is -2.25. The van der Waals surface area contributed by atoms with Crippen LogP contribution >= 0.6 is 0 Å². The number of fused-ring (bicyclic) bond motifs is 10. The maximum Gasteiger partial charge on any atom is 0.164 e. The van der Waals surface area contributed by atoms with Crippen molar-refractivity contribution in [2.24, 2.45) is 0 Å². The lowest BCUT2D eigenvalue weighted by molar-refractivity contribution is 0.789. The molecular weight excluding hydrogens is 671 g/mol. The van der Waals surface area contributed by atoms with Crippen molar-refractivity contribution in [1.29, 1.82) is 0 Å². The second kappa shape index (κ2) is 12.4. The first-order chi connectivity index (χ1) is 27.3. The van der Waals surface area contributed by atoms with Gasteiger partial charge in [-0.3, -0.25) is 9.97 Å². The smallest absolute Gasteiger partial charge is 0.164 e. The molecule has 55 heavy (non-hydrogen) atoms. The van der Waals surface area contributed by atoms with Crippen LogP contribution in [0.2, 0.25) is 0 Å². The largest absolute Gasteiger partial charge is 0.254 e. The third-order valence-corrected chi connectivity index (χ3v) is 11.0. The summed E-state index contributed by atoms with van der Waals surface area (Å²) in [6.07, 6.45) is 3.75. The highest BCUT2D eigenvalue weighted by atomic mass is 15.0. The Labute approximate surface area is 318 Å². The molecule has 0 N–H and O–H groups in total. The third kappa shape index (κ3) is 4.83. The molecule has 1 spiro atoms. The molecule has 9 aromatic rings. The maximum atomic E-state index is 4.98. The van der Waals surface area contributed by atoms with Crippen molar-refractivity contribution in [3.8, 4) is 78.9 Å². The van der Waals surface area contributed by atoms with Crippen LogP contribution in [0.1, 0.15) is 22.3 Å². The Hall–Kier alpha value is -7.37. The lowest BCUT2D eigenvalue weighted by Gasteiger charge is -2.29. The van der Waals surface area contributed by atoms with Gasteiger partial charge in [0.05, 0.1) is 16.8 Å². The van der Waals surface area contributed by atoms with Crippen LogP contribution in [0.5, 0.6) is 0 Å². The fraction of sp³-hybridized carbons (Fsp3) is 0.0200. The van der Waals surface area contributed by atoms with Crippen molar-refractivity contribution in [2.75, 3.05) is 0 Å². The van der Waals surface area contributed by atoms with E-state index in [1.165, 1.54) is 33.4 Å². The van der Waals surface area contributed by atoms with Crippen LogP contribution in [0.15, 0.2) is 188 Å². The van der Waals surface area contributed by atoms with Crippen molar-refractivity contribution in [2.45, 2.75) is 5.41 Å². The van der Waals surface area contributed by atoms with E-state index >= 15 is 0 Å². The monoisotopic (exact) mass is 701 g/mol. The molecule has 11 rings (SSSR count). The van der Waals surface area contributed by atoms with Crippen LogP contribution < -0.4 is 0 Å². The molecule has 3 aromatic heterocycles. The molecule has 2 aliphatic rings. The van der Waals surface area contributed by atoms with Gasteiger partial charge < -0.3 is 0 Å². The summed E-state index contributed by atoms with van der Waals surface area (Å²) >= 11 is 0. The number of hydrogen-bond acceptors (Lipinski definition) is 5. The molecule has 256 valence electrons. The number of benzene rings is 6. The predicted molar refractivity (Wildman–Crippen MR) is 219 cm³/mol. The first-order valence-electron chi connectivity index (χ1n) is 18.5. The Morgan fingerprint density at radius 1 is 0.291 bits per heavy atom. The molecule has 5 heteroatoms. The quantitative estimate of drug-likeness (QED) is 0.179. The Morgan fingerprint density at radius 2 is 0.727 bits per heavy atom. The average molecular weight is 702 g/mol. The normalized spacial score (nSPS) is 12.9. The third-order valence-electron chi connectivity index (χ3n) is 11.0. The Kier molecular flexibility index (Phi) is 7.01. The van der Waals surface area contributed by atoms with Crippen molar-refractivity contribution in [3.63, 3.8) is 0 Å². The molecule has 0 saturated carbocycles. The highest BCUT2D eigenvalue weighted by Crippen LogP contribution is 2.62. The summed E-state index contributed by atoms with van der Waals surface area (Å²) < 4.78 is 0. The molecule has 0 amide bonds. The van der Waals surface area contributed by atoms with Gasteiger partial charge in [-0.1, -0.05) is 146 Å². The first kappa shape index (κ1) is 31.2. The van der Waals surface area contributed by atoms with E-state index in [0.717, 1.165) is 50.3 Å². The number of aromatic nitrogens is 5. The van der Waals surface area contributed by atoms with Crippen LogP contribution in [-0.4, -0.2) is 24.9 Å². The highest BCUT2D eigenvalue weighted by molar-refractivity contribution is 5.94. The van der Waals surface area contributed by atoms with E-state index in [1.54, 1.807) is 0 Å². The van der Waals surface area contributed by atoms with Crippen molar-refractivity contribution in [1.82, 2.24) is 24.9 Å². The standard InChI is InChI=1S/C50H31N5/c1-3-13-32(14-4-1)47-53-48(33-15-5-2-6-16-33)55-49(54-47)38-20-10-19-36(30-38)34-17-9-18-35(29-34)37-25-26-42-40(31-37)39-21-7-8-22-41(39)50(42)43-23-11-27-51-45(43)46-44(50)24-12-28-52-46/h1-31H. The van der Waals surface area contributed by atoms with Crippen LogP contribution in [0.25, 0.3) is 78.9 Å². The second-order valence-corrected chi connectivity index (χ2v) is 14.1. The van der Waals surface area contributed by atoms with Crippen molar-refractivity contribution in [3.05, 3.63) is 211 Å². The van der Waals surface area contributed by atoms with E-state index in [-0.39, 0.29) is 0 Å². The SMILES string of the molecule is c1ccc(-c2nc(-c3ccccc3)nc(-c3cccc(-c4cccc(-c5ccc6c(c5)-c5ccccc5C65c6cccnc6-c6ncccc65)c4)c3)n2)cc1. The molecule has 6 aromatic carbocycles. The summed E-state index contributed by atoms with van der Waals surface area (Å²) in [5.74, 6) is 1.93. The molecule has 3 heterocycles. The van der Waals surface area contributed by atoms with E-state index < -0.39 is 5.41 Å². The Bertz CT molecular complexity index is 2830. The number of nitrogens with zero attached hydrogens (tertiary/aromatic N) is 5. The molecular formula is C50H31N5. The molecule has 5 nitrogen and oxygen atoms in total. The highest BCUT2D eigenvalue weighted by Gasteiger charge is 2.52. The summed E-state index contributed by atoms with van der Waals surface area (Å²) in [5, 5.41) is 0. The summed E-state index contributed by atoms with van der Waals surface area (Å²) in [5.41, 5.74) is 16.2. The Morgan fingerprint density at radius 3 is 1.33 bits per heavy atom. The predicted octanol–water partition coefficient (Wildman–Crippen LogP) is 11.3. The lowest BCUT2D eigenvalue weighted by atomic mass is 9.71. The van der Waals surface area contributed by atoms with Gasteiger partial charge in [0.2, 0.25) is 0 Å². The molecule has 0 saturated heterocycles. The van der Waals surface area contributed by atoms with Crippen LogP contribution in [0, 0.1) is 0 Å². The maximum absolute atomic E-state index is 4.98. The fourth-order valence-corrected chi connectivity index (χ4v) is 8.64. The molecule has 0 fully saturated rings. The summed E-state index contributed by atoms with van der Waals surface area (Å²) in [6, 6.07) is 61.8. The zero-order chi connectivity index (χ0) is 36.3. The van der Waals surface area contributed by atoms with Gasteiger partial charge in [-0.15, -0.1) is 0 Å². The van der Waals surface area contributed by atoms with Gasteiger partial charge >= 0.3 is 0 Å². The first-order valence-corrected chi connectivity index (χ1v) is 18.5. The van der Waals surface area contributed by atoms with E-state index in [1.807, 2.05) is 85.2 Å². The minimum atomic E-state index is -0.463. The van der Waals surface area contributed by atoms with E-state index in [4.69, 9.17) is 24.9 Å². The van der Waals surface area contributed by atoms with Crippen molar-refractivity contribution < 1.29 is 0 Å². The minimum Gasteiger partial charge on any atom is -0.254 e. The molecule has 0 radical (unpaired) electrons. The molecule has 2 aliphatic carbocycles. The molecule has 0 atom stereocenters. The average Bonchev–Trinajstić information content (AvgIpc) is 3.74. The number of rotatable bonds is 5. The van der Waals surface area contributed by atoms with E-state index in [9.17, 15) is 0 Å². The van der Waals surface area contributed by atoms with E-state index in [0.29, 0.717) is 17.5 Å². The van der Waals surface area contributed by atoms with Gasteiger partial charge in [-0.05, 0) is 86.0 Å². The van der Waals surface area contributed by atoms with Crippen LogP contribution in [-0.2, 0) is 5.41 Å². The van der Waals surface area contributed by atoms with Crippen LogP contribution in [0.3, 0.4) is 0 Å². The van der Waals surface area contributed by atoms with Gasteiger partial charge in [0.25, 0.3) is 0 Å². The van der Waals surface area contributed by atoms with Gasteiger partial charge in [-0.2, -0.15) is 0 Å². The Balaban J connectivity index is 1.01. The van der Waals surface area contributed by atoms with Gasteiger partial charge in [0, 0.05) is 29.1 Å². The zero-order valence-electron chi connectivity index (χ0n) is 29.6. The molecule has 0 unspecified atom stereocenters. The van der Waals surface area contributed by atoms with E-state index in [2.05, 4.69) is 103 Å². The van der Waals surface area contributed by atoms with Gasteiger partial charge in [-0.25, -0.2) is 15.0 Å². The topological polar surface area (TPSA) is 64.5 Å². The molecule has 0 aliphatic heterocycles. The fourth-order valence-electron chi connectivity index (χ4n) is 8.64. The summed E-state index contributed by atoms with van der Waals surface area (Å²) in [4.78, 5) is 24.6. The minimum absolute atomic E-state index is 0.463. The second-order valence-electron chi connectivity index (χ2n) is 14.1. The van der Waals surface area contributed by atoms with Crippen LogP contribution in [0.4, 0.5) is 0 Å². The molecule has 0 bridgehead atoms. The van der Waals surface area contributed by atoms with Crippen molar-refractivity contribution >= 4 is 0 Å². The number of hydrogen-bond donors (Lipinski definition) is 0. The summed E-state index contributed by atoms with van der Waals surface area (Å²) in [6.45, 7) is 0. The summed E-state index contributed by atoms with van der Waals surface area (Å²) in [7, 11) is 0.